The van der Waals surface area contributed by atoms with Crippen LogP contribution in [-0.2, 0) is 6.54 Å². The van der Waals surface area contributed by atoms with E-state index >= 15 is 0 Å². The normalized spacial score (nSPS) is 11.8. The van der Waals surface area contributed by atoms with E-state index in [4.69, 9.17) is 0 Å². The third kappa shape index (κ3) is 4.43. The second kappa shape index (κ2) is 8.04. The van der Waals surface area contributed by atoms with E-state index in [1.807, 2.05) is 42.8 Å². The van der Waals surface area contributed by atoms with Gasteiger partial charge in [-0.2, -0.15) is 5.10 Å². The Morgan fingerprint density at radius 2 is 1.93 bits per heavy atom. The lowest BCUT2D eigenvalue weighted by atomic mass is 10.1. The van der Waals surface area contributed by atoms with Crippen LogP contribution >= 0.6 is 0 Å². The van der Waals surface area contributed by atoms with Gasteiger partial charge in [0, 0.05) is 23.4 Å². The fourth-order valence-corrected chi connectivity index (χ4v) is 3.09. The van der Waals surface area contributed by atoms with Crippen LogP contribution in [0.2, 0.25) is 0 Å². The minimum absolute atomic E-state index is 0.00508. The first-order valence-electron chi connectivity index (χ1n) is 8.98. The summed E-state index contributed by atoms with van der Waals surface area (Å²) in [6.07, 6.45) is 0. The van der Waals surface area contributed by atoms with Crippen LogP contribution in [0.5, 0.6) is 0 Å². The summed E-state index contributed by atoms with van der Waals surface area (Å²) in [5.41, 5.74) is 4.22. The van der Waals surface area contributed by atoms with E-state index in [0.717, 1.165) is 17.0 Å². The molecule has 1 heterocycles. The molecule has 1 unspecified atom stereocenters. The number of benzene rings is 2. The molecular formula is C21H22N4O3. The summed E-state index contributed by atoms with van der Waals surface area (Å²) in [6, 6.07) is 15.3. The molecule has 1 aromatic heterocycles. The van der Waals surface area contributed by atoms with E-state index in [9.17, 15) is 14.9 Å². The lowest BCUT2D eigenvalue weighted by molar-refractivity contribution is -0.384. The van der Waals surface area contributed by atoms with Crippen molar-refractivity contribution in [2.45, 2.75) is 33.4 Å². The number of aromatic nitrogens is 2. The Morgan fingerprint density at radius 1 is 1.18 bits per heavy atom. The fourth-order valence-electron chi connectivity index (χ4n) is 3.09. The number of nitro benzene ring substituents is 1. The molecule has 3 aromatic rings. The lowest BCUT2D eigenvalue weighted by Crippen LogP contribution is -2.26. The van der Waals surface area contributed by atoms with Gasteiger partial charge in [0.05, 0.1) is 23.2 Å². The van der Waals surface area contributed by atoms with Gasteiger partial charge in [0.1, 0.15) is 0 Å². The van der Waals surface area contributed by atoms with Crippen LogP contribution in [0.1, 0.15) is 45.8 Å². The van der Waals surface area contributed by atoms with Gasteiger partial charge in [-0.25, -0.2) is 0 Å². The number of hydrogen-bond acceptors (Lipinski definition) is 4. The van der Waals surface area contributed by atoms with E-state index in [-0.39, 0.29) is 17.6 Å². The van der Waals surface area contributed by atoms with E-state index < -0.39 is 4.92 Å². The molecule has 0 aliphatic rings. The first-order valence-corrected chi connectivity index (χ1v) is 8.98. The van der Waals surface area contributed by atoms with Crippen molar-refractivity contribution in [3.8, 4) is 0 Å². The number of aryl methyl sites for hydroxylation is 2. The quantitative estimate of drug-likeness (QED) is 0.519. The van der Waals surface area contributed by atoms with Crippen molar-refractivity contribution >= 4 is 11.6 Å². The van der Waals surface area contributed by atoms with Crippen molar-refractivity contribution in [1.82, 2.24) is 15.1 Å². The Bertz CT molecular complexity index is 1030. The molecule has 0 saturated heterocycles. The number of non-ortho nitro benzene ring substituents is 1. The van der Waals surface area contributed by atoms with Crippen molar-refractivity contribution in [2.75, 3.05) is 0 Å². The Balaban J connectivity index is 1.73. The molecule has 2 aromatic carbocycles. The molecule has 0 bridgehead atoms. The number of hydrogen-bond donors (Lipinski definition) is 1. The van der Waals surface area contributed by atoms with Crippen LogP contribution < -0.4 is 5.32 Å². The monoisotopic (exact) mass is 378 g/mol. The molecule has 1 atom stereocenters. The molecule has 0 aliphatic heterocycles. The molecule has 1 N–H and O–H groups in total. The van der Waals surface area contributed by atoms with Gasteiger partial charge in [-0.1, -0.05) is 24.3 Å². The number of nitrogens with one attached hydrogen (secondary N) is 1. The highest BCUT2D eigenvalue weighted by Gasteiger charge is 2.15. The number of nitrogens with zero attached hydrogens (tertiary/aromatic N) is 3. The van der Waals surface area contributed by atoms with Crippen LogP contribution in [0.15, 0.2) is 54.6 Å². The first-order chi connectivity index (χ1) is 13.3. The third-order valence-electron chi connectivity index (χ3n) is 4.55. The standard InChI is InChI=1S/C21H22N4O3/c1-14-10-15(2)24(23-14)13-17-6-4-8-19(11-17)21(26)22-16(3)18-7-5-9-20(12-18)25(27)28/h4-12,16H,13H2,1-3H3,(H,22,26). The highest BCUT2D eigenvalue weighted by Crippen LogP contribution is 2.19. The SMILES string of the molecule is Cc1cc(C)n(Cc2cccc(C(=O)NC(C)c3cccc([N+](=O)[O-])c3)c2)n1. The number of carbonyl (C=O) groups is 1. The topological polar surface area (TPSA) is 90.1 Å². The zero-order valence-corrected chi connectivity index (χ0v) is 16.0. The third-order valence-corrected chi connectivity index (χ3v) is 4.55. The second-order valence-electron chi connectivity index (χ2n) is 6.83. The molecule has 144 valence electrons. The molecule has 3 rings (SSSR count). The van der Waals surface area contributed by atoms with Gasteiger partial charge < -0.3 is 5.32 Å². The summed E-state index contributed by atoms with van der Waals surface area (Å²) in [6.45, 7) is 6.33. The summed E-state index contributed by atoms with van der Waals surface area (Å²) in [5.74, 6) is -0.228. The zero-order valence-electron chi connectivity index (χ0n) is 16.0. The summed E-state index contributed by atoms with van der Waals surface area (Å²) < 4.78 is 1.90. The summed E-state index contributed by atoms with van der Waals surface area (Å²) in [7, 11) is 0. The molecule has 7 nitrogen and oxygen atoms in total. The zero-order chi connectivity index (χ0) is 20.3. The predicted molar refractivity (Wildman–Crippen MR) is 106 cm³/mol. The van der Waals surface area contributed by atoms with Gasteiger partial charge in [-0.05, 0) is 50.1 Å². The highest BCUT2D eigenvalue weighted by molar-refractivity contribution is 5.94. The van der Waals surface area contributed by atoms with E-state index in [1.54, 1.807) is 25.1 Å². The maximum atomic E-state index is 12.7. The van der Waals surface area contributed by atoms with Crippen LogP contribution in [0.4, 0.5) is 5.69 Å². The maximum absolute atomic E-state index is 12.7. The van der Waals surface area contributed by atoms with Crippen LogP contribution in [0.25, 0.3) is 0 Å². The molecule has 1 amide bonds. The second-order valence-corrected chi connectivity index (χ2v) is 6.83. The number of nitro groups is 1. The van der Waals surface area contributed by atoms with Crippen molar-refractivity contribution in [2.24, 2.45) is 0 Å². The van der Waals surface area contributed by atoms with Crippen molar-refractivity contribution in [1.29, 1.82) is 0 Å². The summed E-state index contributed by atoms with van der Waals surface area (Å²) >= 11 is 0. The van der Waals surface area contributed by atoms with Gasteiger partial charge in [0.25, 0.3) is 11.6 Å². The first kappa shape index (κ1) is 19.3. The minimum atomic E-state index is -0.444. The predicted octanol–water partition coefficient (Wildman–Crippen LogP) is 3.95. The molecular weight excluding hydrogens is 356 g/mol. The van der Waals surface area contributed by atoms with Crippen LogP contribution in [-0.4, -0.2) is 20.6 Å². The molecule has 0 aliphatic carbocycles. The fraction of sp³-hybridized carbons (Fsp3) is 0.238. The number of carbonyl (C=O) groups excluding carboxylic acids is 1. The number of rotatable bonds is 6. The smallest absolute Gasteiger partial charge is 0.269 e. The van der Waals surface area contributed by atoms with E-state index in [1.165, 1.54) is 12.1 Å². The van der Waals surface area contributed by atoms with Gasteiger partial charge in [-0.15, -0.1) is 0 Å². The van der Waals surface area contributed by atoms with Gasteiger partial charge in [-0.3, -0.25) is 19.6 Å². The minimum Gasteiger partial charge on any atom is -0.346 e. The summed E-state index contributed by atoms with van der Waals surface area (Å²) in [4.78, 5) is 23.2. The average molecular weight is 378 g/mol. The van der Waals surface area contributed by atoms with Crippen molar-refractivity contribution < 1.29 is 9.72 Å². The van der Waals surface area contributed by atoms with Crippen LogP contribution in [0.3, 0.4) is 0 Å². The molecule has 0 saturated carbocycles. The van der Waals surface area contributed by atoms with Gasteiger partial charge in [0.2, 0.25) is 0 Å². The molecule has 28 heavy (non-hydrogen) atoms. The van der Waals surface area contributed by atoms with Crippen LogP contribution in [0, 0.1) is 24.0 Å². The Kier molecular flexibility index (Phi) is 5.54. The number of amides is 1. The van der Waals surface area contributed by atoms with Gasteiger partial charge in [0.15, 0.2) is 0 Å². The van der Waals surface area contributed by atoms with Crippen molar-refractivity contribution in [3.05, 3.63) is 92.8 Å². The van der Waals surface area contributed by atoms with Gasteiger partial charge >= 0.3 is 0 Å². The summed E-state index contributed by atoms with van der Waals surface area (Å²) in [5, 5.41) is 18.3. The Labute approximate surface area is 163 Å². The molecule has 0 spiro atoms. The molecule has 0 fully saturated rings. The van der Waals surface area contributed by atoms with Crippen molar-refractivity contribution in [3.63, 3.8) is 0 Å². The largest absolute Gasteiger partial charge is 0.346 e. The Morgan fingerprint density at radius 3 is 2.61 bits per heavy atom. The Hall–Kier alpha value is -3.48. The lowest BCUT2D eigenvalue weighted by Gasteiger charge is -2.15. The average Bonchev–Trinajstić information content (AvgIpc) is 2.98. The van der Waals surface area contributed by atoms with E-state index in [2.05, 4.69) is 10.4 Å². The molecule has 7 heteroatoms. The maximum Gasteiger partial charge on any atom is 0.269 e. The highest BCUT2D eigenvalue weighted by atomic mass is 16.6. The van der Waals surface area contributed by atoms with E-state index in [0.29, 0.717) is 17.7 Å². The molecule has 0 radical (unpaired) electrons.